The number of hydrogen-bond acceptors (Lipinski definition) is 5. The Hall–Kier alpha value is -3.08. The van der Waals surface area contributed by atoms with Crippen LogP contribution in [0.4, 0.5) is 17.6 Å². The minimum Gasteiger partial charge on any atom is -0.472 e. The molecule has 202 valence electrons. The largest absolute Gasteiger partial charge is 0.472 e. The second-order valence-electron chi connectivity index (χ2n) is 8.64. The monoisotopic (exact) mass is 541 g/mol. The molecular formula is C26H31F4N3O3S. The Morgan fingerprint density at radius 2 is 2.05 bits per heavy atom. The molecule has 4 rings (SSSR count). The molecule has 3 heterocycles. The van der Waals surface area contributed by atoms with Gasteiger partial charge in [-0.1, -0.05) is 38.1 Å². The van der Waals surface area contributed by atoms with Gasteiger partial charge in [-0.15, -0.1) is 11.3 Å². The summed E-state index contributed by atoms with van der Waals surface area (Å²) in [5.41, 5.74) is 2.30. The number of halogens is 4. The molecule has 1 fully saturated rings. The summed E-state index contributed by atoms with van der Waals surface area (Å²) in [7, 11) is 0. The number of alkyl halides is 4. The van der Waals surface area contributed by atoms with Gasteiger partial charge in [0.05, 0.1) is 11.4 Å². The summed E-state index contributed by atoms with van der Waals surface area (Å²) in [4.78, 5) is 25.5. The highest BCUT2D eigenvalue weighted by atomic mass is 32.1. The van der Waals surface area contributed by atoms with Crippen LogP contribution in [0.5, 0.6) is 0 Å². The molecule has 11 heteroatoms. The lowest BCUT2D eigenvalue weighted by Gasteiger charge is -2.32. The first kappa shape index (κ1) is 28.5. The summed E-state index contributed by atoms with van der Waals surface area (Å²) in [6.45, 7) is 5.35. The smallest absolute Gasteiger partial charge is 0.358 e. The number of nitrogens with zero attached hydrogens (tertiary/aromatic N) is 1. The van der Waals surface area contributed by atoms with E-state index in [1.54, 1.807) is 19.1 Å². The van der Waals surface area contributed by atoms with Gasteiger partial charge in [0.1, 0.15) is 12.0 Å². The molecule has 1 saturated heterocycles. The van der Waals surface area contributed by atoms with E-state index in [0.29, 0.717) is 12.0 Å². The fourth-order valence-electron chi connectivity index (χ4n) is 4.00. The van der Waals surface area contributed by atoms with Gasteiger partial charge in [-0.3, -0.25) is 9.59 Å². The van der Waals surface area contributed by atoms with Crippen molar-refractivity contribution in [3.63, 3.8) is 0 Å². The van der Waals surface area contributed by atoms with Gasteiger partial charge in [0.25, 0.3) is 17.7 Å². The maximum Gasteiger partial charge on any atom is 0.358 e. The summed E-state index contributed by atoms with van der Waals surface area (Å²) in [6.07, 6.45) is 6.31. The molecule has 37 heavy (non-hydrogen) atoms. The van der Waals surface area contributed by atoms with Gasteiger partial charge in [0, 0.05) is 19.5 Å². The quantitative estimate of drug-likeness (QED) is 0.484. The Balaban J connectivity index is 0.00000186. The molecule has 0 aromatic carbocycles. The highest BCUT2D eigenvalue weighted by Gasteiger charge is 2.42. The fourth-order valence-corrected chi connectivity index (χ4v) is 4.71. The van der Waals surface area contributed by atoms with E-state index < -0.39 is 36.4 Å². The number of ether oxygens (including phenoxy) is 1. The van der Waals surface area contributed by atoms with E-state index in [4.69, 9.17) is 4.74 Å². The average molecular weight is 542 g/mol. The summed E-state index contributed by atoms with van der Waals surface area (Å²) >= 11 is 0.813. The minimum atomic E-state index is -3.62. The Morgan fingerprint density at radius 1 is 1.30 bits per heavy atom. The third-order valence-corrected chi connectivity index (χ3v) is 7.00. The number of likely N-dealkylation sites (tertiary alicyclic amines) is 1. The molecule has 1 aromatic rings. The molecule has 1 aromatic heterocycles. The van der Waals surface area contributed by atoms with Crippen LogP contribution < -0.4 is 10.6 Å². The molecule has 0 spiro atoms. The van der Waals surface area contributed by atoms with Crippen molar-refractivity contribution in [1.29, 1.82) is 0 Å². The van der Waals surface area contributed by atoms with Crippen molar-refractivity contribution < 1.29 is 31.9 Å². The molecular weight excluding hydrogens is 510 g/mol. The molecule has 2 amide bonds. The summed E-state index contributed by atoms with van der Waals surface area (Å²) in [5.74, 6) is -8.44. The molecule has 1 unspecified atom stereocenters. The zero-order chi connectivity index (χ0) is 27.2. The predicted molar refractivity (Wildman–Crippen MR) is 134 cm³/mol. The van der Waals surface area contributed by atoms with Crippen molar-refractivity contribution in [2.24, 2.45) is 0 Å². The predicted octanol–water partition coefficient (Wildman–Crippen LogP) is 5.23. The first-order valence-corrected chi connectivity index (χ1v) is 13.0. The Morgan fingerprint density at radius 3 is 2.73 bits per heavy atom. The van der Waals surface area contributed by atoms with Crippen molar-refractivity contribution in [3.8, 4) is 0 Å². The summed E-state index contributed by atoms with van der Waals surface area (Å²) < 4.78 is 61.6. The van der Waals surface area contributed by atoms with E-state index in [9.17, 15) is 27.2 Å². The molecule has 3 aliphatic rings. The molecule has 6 nitrogen and oxygen atoms in total. The molecule has 0 radical (unpaired) electrons. The fraction of sp³-hybridized carbons (Fsp3) is 0.462. The van der Waals surface area contributed by atoms with Crippen molar-refractivity contribution in [2.75, 3.05) is 19.6 Å². The number of thiophene rings is 1. The van der Waals surface area contributed by atoms with Crippen LogP contribution >= 0.6 is 11.3 Å². The molecule has 1 aliphatic carbocycles. The molecule has 0 bridgehead atoms. The molecule has 2 N–H and O–H groups in total. The third kappa shape index (κ3) is 6.82. The highest BCUT2D eigenvalue weighted by Crippen LogP contribution is 2.32. The van der Waals surface area contributed by atoms with Crippen LogP contribution in [0.3, 0.4) is 0 Å². The van der Waals surface area contributed by atoms with E-state index >= 15 is 0 Å². The number of amides is 2. The number of nitrogens with one attached hydrogen (secondary N) is 2. The van der Waals surface area contributed by atoms with Crippen LogP contribution in [0.15, 0.2) is 64.4 Å². The van der Waals surface area contributed by atoms with E-state index in [-0.39, 0.29) is 36.5 Å². The van der Waals surface area contributed by atoms with Gasteiger partial charge in [-0.05, 0) is 47.9 Å². The topological polar surface area (TPSA) is 70.7 Å². The van der Waals surface area contributed by atoms with Crippen molar-refractivity contribution in [2.45, 2.75) is 58.1 Å². The highest BCUT2D eigenvalue weighted by molar-refractivity contribution is 7.10. The van der Waals surface area contributed by atoms with Gasteiger partial charge in [-0.2, -0.15) is 8.78 Å². The molecule has 0 saturated carbocycles. The molecule has 1 atom stereocenters. The van der Waals surface area contributed by atoms with E-state index in [2.05, 4.69) is 10.6 Å². The van der Waals surface area contributed by atoms with E-state index in [1.165, 1.54) is 23.8 Å². The number of carbonyl (C=O) groups is 2. The average Bonchev–Trinajstić information content (AvgIpc) is 3.56. The minimum absolute atomic E-state index is 0.0873. The first-order chi connectivity index (χ1) is 17.6. The standard InChI is InChI=1S/C24H25F4N3O3S.C2H6/c1-15-5-6-16(7-8-17(15)12-29-22(33)24(27,28)19-4-2-11-35-19)20-30-18(13-34-20)21(32)31-10-3-9-23(25,26)14-31;1-2/h2,4-5,7-8,11,13,20,30H,3,6,9-10,12,14H2,1H3,(H,29,33);1-2H3. The molecule has 2 aliphatic heterocycles. The Kier molecular flexibility index (Phi) is 9.22. The number of allylic oxidation sites excluding steroid dienone is 3. The van der Waals surface area contributed by atoms with E-state index in [1.807, 2.05) is 19.9 Å². The number of carbonyl (C=O) groups excluding carboxylic acids is 2. The second-order valence-corrected chi connectivity index (χ2v) is 9.59. The van der Waals surface area contributed by atoms with Gasteiger partial charge >= 0.3 is 5.92 Å². The van der Waals surface area contributed by atoms with Gasteiger partial charge in [0.2, 0.25) is 0 Å². The van der Waals surface area contributed by atoms with Crippen LogP contribution in [0, 0.1) is 0 Å². The van der Waals surface area contributed by atoms with Crippen LogP contribution in [-0.4, -0.2) is 48.5 Å². The van der Waals surface area contributed by atoms with E-state index in [0.717, 1.165) is 27.4 Å². The van der Waals surface area contributed by atoms with Crippen molar-refractivity contribution >= 4 is 23.2 Å². The number of hydrogen-bond donors (Lipinski definition) is 2. The summed E-state index contributed by atoms with van der Waals surface area (Å²) in [5, 5.41) is 6.72. The lowest BCUT2D eigenvalue weighted by molar-refractivity contribution is -0.146. The van der Waals surface area contributed by atoms with Gasteiger partial charge in [0.15, 0.2) is 6.23 Å². The Bertz CT molecular complexity index is 1110. The van der Waals surface area contributed by atoms with Crippen molar-refractivity contribution in [1.82, 2.24) is 15.5 Å². The Labute approximate surface area is 217 Å². The zero-order valence-electron chi connectivity index (χ0n) is 21.0. The maximum atomic E-state index is 14.3. The van der Waals surface area contributed by atoms with Crippen LogP contribution in [0.1, 0.15) is 44.9 Å². The van der Waals surface area contributed by atoms with Gasteiger partial charge < -0.3 is 20.3 Å². The van der Waals surface area contributed by atoms with Gasteiger partial charge in [-0.25, -0.2) is 8.78 Å². The van der Waals surface area contributed by atoms with Crippen molar-refractivity contribution in [3.05, 3.63) is 69.3 Å². The normalized spacial score (nSPS) is 21.1. The third-order valence-electron chi connectivity index (χ3n) is 6.06. The van der Waals surface area contributed by atoms with Crippen LogP contribution in [0.2, 0.25) is 0 Å². The summed E-state index contributed by atoms with van der Waals surface area (Å²) in [6, 6.07) is 2.68. The number of piperidine rings is 1. The first-order valence-electron chi connectivity index (χ1n) is 12.1. The zero-order valence-corrected chi connectivity index (χ0v) is 21.8. The lowest BCUT2D eigenvalue weighted by Crippen LogP contribution is -2.47. The SMILES string of the molecule is CC.CC1=CCC(C2NC(C(=O)N3CCCC(F)(F)C3)=CO2)=CC=C1CNC(=O)C(F)(F)c1cccs1. The van der Waals surface area contributed by atoms with Crippen LogP contribution in [0.25, 0.3) is 0 Å². The second kappa shape index (κ2) is 12.0. The number of rotatable bonds is 6. The van der Waals surface area contributed by atoms with Crippen LogP contribution in [-0.2, 0) is 20.2 Å². The lowest BCUT2D eigenvalue weighted by atomic mass is 10.1. The maximum absolute atomic E-state index is 14.3.